The zero-order valence-electron chi connectivity index (χ0n) is 31.4. The predicted octanol–water partition coefficient (Wildman–Crippen LogP) is 15.3. The lowest BCUT2D eigenvalue weighted by Crippen LogP contribution is -2.25. The second kappa shape index (κ2) is 10.9. The third-order valence-electron chi connectivity index (χ3n) is 13.6. The summed E-state index contributed by atoms with van der Waals surface area (Å²) in [6.07, 6.45) is 0. The topological polar surface area (TPSA) is 13.1 Å². The first-order valence-electron chi connectivity index (χ1n) is 20.2. The van der Waals surface area contributed by atoms with Crippen LogP contribution in [0.1, 0.15) is 22.3 Å². The smallest absolute Gasteiger partial charge is 0.136 e. The van der Waals surface area contributed by atoms with Crippen LogP contribution in [-0.2, 0) is 5.41 Å². The summed E-state index contributed by atoms with van der Waals surface area (Å²) >= 11 is 0. The lowest BCUT2D eigenvalue weighted by molar-refractivity contribution is 0.669. The van der Waals surface area contributed by atoms with Gasteiger partial charge in [0.25, 0.3) is 0 Å². The van der Waals surface area contributed by atoms with E-state index in [0.29, 0.717) is 0 Å². The van der Waals surface area contributed by atoms with E-state index in [1.807, 2.05) is 6.07 Å². The van der Waals surface area contributed by atoms with Crippen LogP contribution in [0.4, 0.5) is 0 Å². The minimum Gasteiger partial charge on any atom is -0.456 e. The summed E-state index contributed by atoms with van der Waals surface area (Å²) in [4.78, 5) is 0. The Hall–Kier alpha value is -7.48. The third kappa shape index (κ3) is 3.72. The molecule has 0 aliphatic heterocycles. The lowest BCUT2D eigenvalue weighted by Gasteiger charge is -2.30. The molecule has 2 aliphatic carbocycles. The van der Waals surface area contributed by atoms with Crippen molar-refractivity contribution in [2.75, 3.05) is 0 Å². The monoisotopic (exact) mass is 732 g/mol. The average molecular weight is 733 g/mol. The van der Waals surface area contributed by atoms with E-state index >= 15 is 0 Å². The van der Waals surface area contributed by atoms with Gasteiger partial charge in [-0.15, -0.1) is 0 Å². The van der Waals surface area contributed by atoms with Crippen molar-refractivity contribution in [1.82, 2.24) is 0 Å². The van der Waals surface area contributed by atoms with Gasteiger partial charge < -0.3 is 4.42 Å². The van der Waals surface area contributed by atoms with Crippen molar-refractivity contribution >= 4 is 65.0 Å². The van der Waals surface area contributed by atoms with Gasteiger partial charge in [-0.1, -0.05) is 170 Å². The summed E-state index contributed by atoms with van der Waals surface area (Å²) in [6, 6.07) is 72.7. The maximum atomic E-state index is 6.40. The maximum absolute atomic E-state index is 6.40. The van der Waals surface area contributed by atoms with Crippen LogP contribution in [-0.4, -0.2) is 0 Å². The van der Waals surface area contributed by atoms with Gasteiger partial charge in [-0.25, -0.2) is 0 Å². The van der Waals surface area contributed by atoms with E-state index in [9.17, 15) is 0 Å². The number of furan rings is 1. The Bertz CT molecular complexity index is 3690. The van der Waals surface area contributed by atoms with E-state index < -0.39 is 5.41 Å². The van der Waals surface area contributed by atoms with Gasteiger partial charge in [0, 0.05) is 10.8 Å². The second-order valence-corrected chi connectivity index (χ2v) is 16.3. The van der Waals surface area contributed by atoms with Crippen molar-refractivity contribution in [2.24, 2.45) is 0 Å². The van der Waals surface area contributed by atoms with E-state index in [1.54, 1.807) is 0 Å². The van der Waals surface area contributed by atoms with Crippen LogP contribution in [0, 0.1) is 0 Å². The van der Waals surface area contributed by atoms with Crippen LogP contribution >= 0.6 is 0 Å². The molecular formula is C57H32O. The molecule has 0 bridgehead atoms. The van der Waals surface area contributed by atoms with Crippen molar-refractivity contribution in [3.8, 4) is 44.5 Å². The first kappa shape index (κ1) is 30.7. The van der Waals surface area contributed by atoms with Crippen LogP contribution in [0.2, 0.25) is 0 Å². The van der Waals surface area contributed by atoms with Crippen molar-refractivity contribution in [3.05, 3.63) is 216 Å². The van der Waals surface area contributed by atoms with Gasteiger partial charge in [-0.3, -0.25) is 0 Å². The quantitative estimate of drug-likeness (QED) is 0.161. The number of hydrogen-bond acceptors (Lipinski definition) is 1. The molecule has 266 valence electrons. The van der Waals surface area contributed by atoms with Crippen molar-refractivity contribution in [1.29, 1.82) is 0 Å². The first-order valence-corrected chi connectivity index (χ1v) is 20.2. The molecule has 14 rings (SSSR count). The number of hydrogen-bond donors (Lipinski definition) is 0. The highest BCUT2D eigenvalue weighted by molar-refractivity contribution is 6.25. The fourth-order valence-corrected chi connectivity index (χ4v) is 11.3. The van der Waals surface area contributed by atoms with E-state index in [-0.39, 0.29) is 0 Å². The van der Waals surface area contributed by atoms with Gasteiger partial charge in [0.1, 0.15) is 11.2 Å². The van der Waals surface area contributed by atoms with E-state index in [4.69, 9.17) is 4.42 Å². The average Bonchev–Trinajstić information content (AvgIpc) is 3.91. The minimum atomic E-state index is -0.434. The molecule has 0 N–H and O–H groups in total. The highest BCUT2D eigenvalue weighted by Gasteiger charge is 2.52. The van der Waals surface area contributed by atoms with Crippen LogP contribution < -0.4 is 0 Å². The summed E-state index contributed by atoms with van der Waals surface area (Å²) in [7, 11) is 0. The van der Waals surface area contributed by atoms with Gasteiger partial charge in [0.05, 0.1) is 5.41 Å². The highest BCUT2D eigenvalue weighted by Crippen LogP contribution is 2.64. The normalized spacial score (nSPS) is 13.7. The minimum absolute atomic E-state index is 0.434. The maximum Gasteiger partial charge on any atom is 0.136 e. The van der Waals surface area contributed by atoms with Gasteiger partial charge in [0.2, 0.25) is 0 Å². The highest BCUT2D eigenvalue weighted by atomic mass is 16.3. The fraction of sp³-hybridized carbons (Fsp3) is 0.0175. The lowest BCUT2D eigenvalue weighted by atomic mass is 9.70. The summed E-state index contributed by atoms with van der Waals surface area (Å²) < 4.78 is 6.40. The Labute approximate surface area is 334 Å². The van der Waals surface area contributed by atoms with E-state index in [1.165, 1.54) is 104 Å². The van der Waals surface area contributed by atoms with Crippen LogP contribution in [0.25, 0.3) is 110 Å². The first-order chi connectivity index (χ1) is 28.8. The molecule has 2 aliphatic rings. The van der Waals surface area contributed by atoms with Crippen molar-refractivity contribution in [3.63, 3.8) is 0 Å². The molecule has 0 amide bonds. The predicted molar refractivity (Wildman–Crippen MR) is 242 cm³/mol. The Kier molecular flexibility index (Phi) is 5.76. The van der Waals surface area contributed by atoms with Crippen molar-refractivity contribution < 1.29 is 4.42 Å². The zero-order valence-corrected chi connectivity index (χ0v) is 31.4. The molecule has 1 spiro atoms. The molecule has 1 nitrogen and oxygen atoms in total. The van der Waals surface area contributed by atoms with Gasteiger partial charge in [-0.05, 0) is 134 Å². The van der Waals surface area contributed by atoms with Gasteiger partial charge >= 0.3 is 0 Å². The largest absolute Gasteiger partial charge is 0.456 e. The number of benzene rings is 11. The molecule has 1 aromatic heterocycles. The molecule has 0 saturated carbocycles. The molecule has 12 aromatic rings. The van der Waals surface area contributed by atoms with Crippen LogP contribution in [0.3, 0.4) is 0 Å². The Morgan fingerprint density at radius 3 is 1.69 bits per heavy atom. The van der Waals surface area contributed by atoms with E-state index in [0.717, 1.165) is 27.5 Å². The summed E-state index contributed by atoms with van der Waals surface area (Å²) in [5.41, 5.74) is 17.0. The Morgan fingerprint density at radius 1 is 0.293 bits per heavy atom. The van der Waals surface area contributed by atoms with Crippen LogP contribution in [0.15, 0.2) is 199 Å². The SMILES string of the molecule is c1ccc2c(c1)-c1ccccc1C21c2ccc(-c3ccc4ccc5cccc6ccc3c4c56)cc2-c2c1ccc1c(-c3ccc4c(c3)oc3ccccc34)cccc21. The van der Waals surface area contributed by atoms with Gasteiger partial charge in [-0.2, -0.15) is 0 Å². The van der Waals surface area contributed by atoms with Crippen LogP contribution in [0.5, 0.6) is 0 Å². The Balaban J connectivity index is 1.07. The number of para-hydroxylation sites is 1. The molecule has 0 atom stereocenters. The van der Waals surface area contributed by atoms with Crippen molar-refractivity contribution in [2.45, 2.75) is 5.41 Å². The van der Waals surface area contributed by atoms with E-state index in [2.05, 4.69) is 188 Å². The standard InChI is InChI=1S/C57H32O/c1-4-16-48-41(11-1)42-12-2-5-17-49(42)57(48)50-29-24-36(39-25-21-35-20-19-33-9-7-10-34-22-27-46(39)55(35)54(33)34)31-47(50)56-45-15-8-14-38(40(45)28-30-51(56)57)37-23-26-44-43-13-3-6-18-52(43)58-53(44)32-37/h1-32H. The molecule has 1 heteroatoms. The summed E-state index contributed by atoms with van der Waals surface area (Å²) in [5.74, 6) is 0. The molecular weight excluding hydrogens is 701 g/mol. The fourth-order valence-electron chi connectivity index (χ4n) is 11.3. The Morgan fingerprint density at radius 2 is 0.845 bits per heavy atom. The summed E-state index contributed by atoms with van der Waals surface area (Å²) in [6.45, 7) is 0. The number of fused-ring (bicyclic) bond motifs is 15. The molecule has 0 fully saturated rings. The number of rotatable bonds is 2. The molecule has 1 heterocycles. The zero-order chi connectivity index (χ0) is 37.7. The molecule has 11 aromatic carbocycles. The molecule has 58 heavy (non-hydrogen) atoms. The summed E-state index contributed by atoms with van der Waals surface area (Å²) in [5, 5.41) is 12.7. The molecule has 0 saturated heterocycles. The molecule has 0 unspecified atom stereocenters. The third-order valence-corrected chi connectivity index (χ3v) is 13.6. The van der Waals surface area contributed by atoms with Gasteiger partial charge in [0.15, 0.2) is 0 Å². The molecule has 0 radical (unpaired) electrons. The second-order valence-electron chi connectivity index (χ2n) is 16.3.